The molecule has 0 aliphatic carbocycles. The summed E-state index contributed by atoms with van der Waals surface area (Å²) >= 11 is 4.15. The molecule has 1 heterocycles. The predicted molar refractivity (Wildman–Crippen MR) is 97.1 cm³/mol. The van der Waals surface area contributed by atoms with Crippen LogP contribution >= 0.6 is 34.9 Å². The van der Waals surface area contributed by atoms with Crippen LogP contribution < -0.4 is 10.6 Å². The molecule has 0 unspecified atom stereocenters. The van der Waals surface area contributed by atoms with Gasteiger partial charge in [0.05, 0.1) is 11.5 Å². The van der Waals surface area contributed by atoms with Gasteiger partial charge in [-0.3, -0.25) is 9.59 Å². The number of carbonyl (C=O) groups excluding carboxylic acids is 2. The summed E-state index contributed by atoms with van der Waals surface area (Å²) in [5.41, 5.74) is 0. The molecule has 1 aromatic heterocycles. The predicted octanol–water partition coefficient (Wildman–Crippen LogP) is 2.55. The summed E-state index contributed by atoms with van der Waals surface area (Å²) in [5.74, 6) is 0.666. The van der Waals surface area contributed by atoms with Crippen LogP contribution in [0, 0.1) is 0 Å². The molecular weight excluding hydrogens is 352 g/mol. The lowest BCUT2D eigenvalue weighted by atomic mass is 10.3. The Morgan fingerprint density at radius 3 is 1.70 bits per heavy atom. The average Bonchev–Trinajstić information content (AvgIpc) is 2.98. The van der Waals surface area contributed by atoms with Crippen LogP contribution in [-0.4, -0.2) is 45.6 Å². The van der Waals surface area contributed by atoms with E-state index < -0.39 is 0 Å². The topological polar surface area (TPSA) is 84.0 Å². The van der Waals surface area contributed by atoms with Crippen LogP contribution in [-0.2, 0) is 9.59 Å². The first-order valence-corrected chi connectivity index (χ1v) is 10.4. The lowest BCUT2D eigenvalue weighted by Gasteiger charge is -2.10. The Bertz CT molecular complexity index is 467. The minimum atomic E-state index is 0.00156. The Morgan fingerprint density at radius 1 is 0.957 bits per heavy atom. The van der Waals surface area contributed by atoms with Gasteiger partial charge in [0, 0.05) is 12.1 Å². The Kier molecular flexibility index (Phi) is 9.57. The molecule has 0 radical (unpaired) electrons. The van der Waals surface area contributed by atoms with Gasteiger partial charge in [0.1, 0.15) is 0 Å². The van der Waals surface area contributed by atoms with Crippen molar-refractivity contribution in [1.29, 1.82) is 0 Å². The maximum Gasteiger partial charge on any atom is 0.230 e. The van der Waals surface area contributed by atoms with Crippen molar-refractivity contribution in [2.24, 2.45) is 0 Å². The largest absolute Gasteiger partial charge is 0.353 e. The van der Waals surface area contributed by atoms with Crippen LogP contribution in [0.15, 0.2) is 8.68 Å². The number of hydrogen-bond acceptors (Lipinski definition) is 7. The quantitative estimate of drug-likeness (QED) is 0.611. The molecule has 6 nitrogen and oxygen atoms in total. The number of rotatable bonds is 10. The van der Waals surface area contributed by atoms with E-state index in [9.17, 15) is 9.59 Å². The normalized spacial score (nSPS) is 13.4. The number of aromatic nitrogens is 2. The van der Waals surface area contributed by atoms with Crippen molar-refractivity contribution in [3.05, 3.63) is 0 Å². The molecule has 2 amide bonds. The third-order valence-electron chi connectivity index (χ3n) is 3.08. The molecule has 2 atom stereocenters. The van der Waals surface area contributed by atoms with E-state index in [-0.39, 0.29) is 23.9 Å². The number of amides is 2. The second kappa shape index (κ2) is 10.9. The highest BCUT2D eigenvalue weighted by Gasteiger charge is 2.12. The number of thioether (sulfide) groups is 2. The molecule has 0 aliphatic rings. The summed E-state index contributed by atoms with van der Waals surface area (Å²) in [5, 5.41) is 13.9. The average molecular weight is 377 g/mol. The fourth-order valence-corrected chi connectivity index (χ4v) is 4.05. The molecule has 0 saturated heterocycles. The fraction of sp³-hybridized carbons (Fsp3) is 0.714. The van der Waals surface area contributed by atoms with Gasteiger partial charge in [-0.25, -0.2) is 0 Å². The van der Waals surface area contributed by atoms with Gasteiger partial charge in [0.2, 0.25) is 11.8 Å². The van der Waals surface area contributed by atoms with Crippen molar-refractivity contribution >= 4 is 46.7 Å². The first-order valence-electron chi connectivity index (χ1n) is 7.62. The Morgan fingerprint density at radius 2 is 1.35 bits per heavy atom. The van der Waals surface area contributed by atoms with E-state index in [2.05, 4.69) is 20.8 Å². The van der Waals surface area contributed by atoms with E-state index in [1.165, 1.54) is 34.9 Å². The molecule has 2 N–H and O–H groups in total. The van der Waals surface area contributed by atoms with Gasteiger partial charge in [-0.05, 0) is 26.7 Å². The number of hydrogen-bond donors (Lipinski definition) is 2. The highest BCUT2D eigenvalue weighted by molar-refractivity contribution is 8.03. The van der Waals surface area contributed by atoms with Crippen molar-refractivity contribution in [2.75, 3.05) is 11.5 Å². The zero-order valence-corrected chi connectivity index (χ0v) is 16.4. The molecule has 0 aromatic carbocycles. The minimum absolute atomic E-state index is 0.00156. The van der Waals surface area contributed by atoms with Gasteiger partial charge in [0.15, 0.2) is 8.68 Å². The van der Waals surface area contributed by atoms with Crippen LogP contribution in [0.1, 0.15) is 40.5 Å². The van der Waals surface area contributed by atoms with E-state index in [1.54, 1.807) is 0 Å². The number of nitrogens with one attached hydrogen (secondary N) is 2. The Labute approximate surface area is 150 Å². The van der Waals surface area contributed by atoms with Crippen LogP contribution in [0.5, 0.6) is 0 Å². The van der Waals surface area contributed by atoms with E-state index >= 15 is 0 Å². The molecule has 0 spiro atoms. The summed E-state index contributed by atoms with van der Waals surface area (Å²) in [6.45, 7) is 8.02. The van der Waals surface area contributed by atoms with E-state index in [0.717, 1.165) is 21.5 Å². The zero-order chi connectivity index (χ0) is 17.2. The molecule has 9 heteroatoms. The fourth-order valence-electron chi connectivity index (χ4n) is 1.41. The second-order valence-electron chi connectivity index (χ2n) is 5.16. The number of carbonyl (C=O) groups is 2. The zero-order valence-electron chi connectivity index (χ0n) is 13.9. The standard InChI is InChI=1S/C14H24N4O2S3/c1-5-9(3)15-11(19)7-21-13-17-18-14(23-13)22-8-12(20)16-10(4)6-2/h9-10H,5-8H2,1-4H3,(H,15,19)(H,16,20)/t9-,10-/m1/s1. The van der Waals surface area contributed by atoms with Gasteiger partial charge in [0.25, 0.3) is 0 Å². The molecule has 0 fully saturated rings. The van der Waals surface area contributed by atoms with Crippen LogP contribution in [0.25, 0.3) is 0 Å². The van der Waals surface area contributed by atoms with Gasteiger partial charge >= 0.3 is 0 Å². The van der Waals surface area contributed by atoms with E-state index in [0.29, 0.717) is 11.5 Å². The molecule has 1 aromatic rings. The Hall–Kier alpha value is -0.800. The van der Waals surface area contributed by atoms with Gasteiger partial charge in [-0.15, -0.1) is 10.2 Å². The SMILES string of the molecule is CC[C@@H](C)NC(=O)CSc1nnc(SCC(=O)N[C@H](C)CC)s1. The lowest BCUT2D eigenvalue weighted by Crippen LogP contribution is -2.33. The van der Waals surface area contributed by atoms with Crippen molar-refractivity contribution in [3.8, 4) is 0 Å². The maximum absolute atomic E-state index is 11.7. The van der Waals surface area contributed by atoms with Crippen LogP contribution in [0.3, 0.4) is 0 Å². The highest BCUT2D eigenvalue weighted by atomic mass is 32.2. The monoisotopic (exact) mass is 376 g/mol. The van der Waals surface area contributed by atoms with Crippen molar-refractivity contribution in [2.45, 2.75) is 61.3 Å². The molecule has 130 valence electrons. The van der Waals surface area contributed by atoms with E-state index in [4.69, 9.17) is 0 Å². The summed E-state index contributed by atoms with van der Waals surface area (Å²) in [6, 6.07) is 0.375. The second-order valence-corrected chi connectivity index (χ2v) is 8.59. The van der Waals surface area contributed by atoms with Gasteiger partial charge in [-0.1, -0.05) is 48.7 Å². The lowest BCUT2D eigenvalue weighted by molar-refractivity contribution is -0.120. The summed E-state index contributed by atoms with van der Waals surface area (Å²) in [6.07, 6.45) is 1.82. The molecule has 23 heavy (non-hydrogen) atoms. The van der Waals surface area contributed by atoms with Gasteiger partial charge < -0.3 is 10.6 Å². The first kappa shape index (κ1) is 20.2. The highest BCUT2D eigenvalue weighted by Crippen LogP contribution is 2.28. The van der Waals surface area contributed by atoms with Crippen LogP contribution in [0.4, 0.5) is 0 Å². The van der Waals surface area contributed by atoms with Gasteiger partial charge in [-0.2, -0.15) is 0 Å². The summed E-state index contributed by atoms with van der Waals surface area (Å²) in [4.78, 5) is 23.4. The maximum atomic E-state index is 11.7. The van der Waals surface area contributed by atoms with E-state index in [1.807, 2.05) is 27.7 Å². The minimum Gasteiger partial charge on any atom is -0.353 e. The van der Waals surface area contributed by atoms with Crippen molar-refractivity contribution in [1.82, 2.24) is 20.8 Å². The molecule has 0 aliphatic heterocycles. The molecular formula is C14H24N4O2S3. The third-order valence-corrected chi connectivity index (χ3v) is 6.27. The van der Waals surface area contributed by atoms with Crippen molar-refractivity contribution < 1.29 is 9.59 Å². The summed E-state index contributed by atoms with van der Waals surface area (Å²) < 4.78 is 1.49. The molecule has 1 rings (SSSR count). The van der Waals surface area contributed by atoms with Crippen LogP contribution in [0.2, 0.25) is 0 Å². The Balaban J connectivity index is 2.32. The smallest absolute Gasteiger partial charge is 0.230 e. The molecule has 0 bridgehead atoms. The summed E-state index contributed by atoms with van der Waals surface area (Å²) in [7, 11) is 0. The number of nitrogens with zero attached hydrogens (tertiary/aromatic N) is 2. The third kappa shape index (κ3) is 8.57. The molecule has 0 saturated carbocycles. The first-order chi connectivity index (χ1) is 10.9. The van der Waals surface area contributed by atoms with Crippen molar-refractivity contribution in [3.63, 3.8) is 0 Å².